The number of halogens is 3. The van der Waals surface area contributed by atoms with Gasteiger partial charge in [-0.1, -0.05) is 48.5 Å². The fraction of sp³-hybridized carbons (Fsp3) is 0.269. The van der Waals surface area contributed by atoms with E-state index in [1.807, 2.05) is 0 Å². The molecule has 0 spiro atoms. The Kier molecular flexibility index (Phi) is 8.11. The van der Waals surface area contributed by atoms with E-state index in [1.54, 1.807) is 67.6 Å². The van der Waals surface area contributed by atoms with Crippen molar-refractivity contribution in [3.63, 3.8) is 0 Å². The number of hydrogen-bond acceptors (Lipinski definition) is 3. The Labute approximate surface area is 190 Å². The van der Waals surface area contributed by atoms with Crippen LogP contribution in [0.2, 0.25) is 0 Å². The summed E-state index contributed by atoms with van der Waals surface area (Å²) in [4.78, 5) is 11.1. The highest BCUT2D eigenvalue weighted by atomic mass is 19.3. The van der Waals surface area contributed by atoms with Crippen molar-refractivity contribution in [2.24, 2.45) is 5.73 Å². The van der Waals surface area contributed by atoms with Crippen LogP contribution in [-0.4, -0.2) is 17.5 Å². The third-order valence-electron chi connectivity index (χ3n) is 5.24. The SMILES string of the molecule is C[C@@H](N)c1cccc(-c2cc(CCC(F)F)cc(COc3ccccc3CC(=O)O)c2)c1F. The van der Waals surface area contributed by atoms with Crippen molar-refractivity contribution in [2.45, 2.75) is 45.3 Å². The minimum atomic E-state index is -2.45. The van der Waals surface area contributed by atoms with Gasteiger partial charge < -0.3 is 15.6 Å². The van der Waals surface area contributed by atoms with Gasteiger partial charge in [0.25, 0.3) is 0 Å². The number of alkyl halides is 2. The monoisotopic (exact) mass is 457 g/mol. The summed E-state index contributed by atoms with van der Waals surface area (Å²) in [5.41, 5.74) is 8.93. The Hall–Kier alpha value is -3.32. The molecule has 0 saturated carbocycles. The number of aryl methyl sites for hydroxylation is 1. The first-order valence-corrected chi connectivity index (χ1v) is 10.6. The lowest BCUT2D eigenvalue weighted by molar-refractivity contribution is -0.136. The van der Waals surface area contributed by atoms with Gasteiger partial charge in [-0.05, 0) is 42.2 Å². The van der Waals surface area contributed by atoms with Gasteiger partial charge in [-0.25, -0.2) is 13.2 Å². The van der Waals surface area contributed by atoms with Gasteiger partial charge in [0.1, 0.15) is 18.2 Å². The molecule has 0 amide bonds. The third-order valence-corrected chi connectivity index (χ3v) is 5.24. The number of carboxylic acids is 1. The van der Waals surface area contributed by atoms with Crippen molar-refractivity contribution in [1.29, 1.82) is 0 Å². The summed E-state index contributed by atoms with van der Waals surface area (Å²) in [6.45, 7) is 1.76. The Balaban J connectivity index is 1.95. The first-order valence-electron chi connectivity index (χ1n) is 10.6. The van der Waals surface area contributed by atoms with Crippen LogP contribution in [0.5, 0.6) is 5.75 Å². The maximum Gasteiger partial charge on any atom is 0.307 e. The van der Waals surface area contributed by atoms with Crippen LogP contribution in [0.1, 0.15) is 41.6 Å². The van der Waals surface area contributed by atoms with Crippen LogP contribution in [0.25, 0.3) is 11.1 Å². The highest BCUT2D eigenvalue weighted by Gasteiger charge is 2.15. The lowest BCUT2D eigenvalue weighted by Crippen LogP contribution is -2.08. The molecule has 0 aliphatic rings. The first-order chi connectivity index (χ1) is 15.7. The van der Waals surface area contributed by atoms with Crippen LogP contribution < -0.4 is 10.5 Å². The van der Waals surface area contributed by atoms with Crippen LogP contribution in [0.4, 0.5) is 13.2 Å². The molecule has 0 unspecified atom stereocenters. The predicted molar refractivity (Wildman–Crippen MR) is 121 cm³/mol. The summed E-state index contributed by atoms with van der Waals surface area (Å²) in [6.07, 6.45) is -2.82. The molecule has 4 nitrogen and oxygen atoms in total. The second-order valence-corrected chi connectivity index (χ2v) is 7.93. The van der Waals surface area contributed by atoms with Crippen LogP contribution in [0.15, 0.2) is 60.7 Å². The standard InChI is InChI=1S/C26H26F3NO3/c1-16(30)21-6-4-7-22(26(21)29)20-12-17(9-10-24(27)28)11-18(13-20)15-33-23-8-3-2-5-19(23)14-25(31)32/h2-8,11-13,16,24H,9-10,14-15,30H2,1H3,(H,31,32)/t16-/m1/s1. The molecule has 0 aromatic heterocycles. The van der Waals surface area contributed by atoms with Crippen LogP contribution in [-0.2, 0) is 24.2 Å². The van der Waals surface area contributed by atoms with E-state index in [0.29, 0.717) is 39.1 Å². The third kappa shape index (κ3) is 6.58. The van der Waals surface area contributed by atoms with E-state index in [4.69, 9.17) is 15.6 Å². The number of rotatable bonds is 10. The molecule has 3 aromatic rings. The number of carboxylic acid groups (broad SMARTS) is 1. The van der Waals surface area contributed by atoms with E-state index in [-0.39, 0.29) is 25.9 Å². The van der Waals surface area contributed by atoms with Gasteiger partial charge in [0, 0.05) is 29.2 Å². The molecule has 3 rings (SSSR count). The molecule has 7 heteroatoms. The van der Waals surface area contributed by atoms with Crippen LogP contribution in [0.3, 0.4) is 0 Å². The number of ether oxygens (including phenoxy) is 1. The molecule has 1 atom stereocenters. The van der Waals surface area contributed by atoms with E-state index >= 15 is 4.39 Å². The summed E-state index contributed by atoms with van der Waals surface area (Å²) >= 11 is 0. The minimum Gasteiger partial charge on any atom is -0.489 e. The van der Waals surface area contributed by atoms with Crippen LogP contribution >= 0.6 is 0 Å². The zero-order valence-corrected chi connectivity index (χ0v) is 18.2. The van der Waals surface area contributed by atoms with Gasteiger partial charge in [-0.15, -0.1) is 0 Å². The molecule has 0 heterocycles. The average molecular weight is 457 g/mol. The molecule has 0 fully saturated rings. The van der Waals surface area contributed by atoms with Gasteiger partial charge in [0.15, 0.2) is 0 Å². The molecule has 0 aliphatic carbocycles. The molecule has 0 bridgehead atoms. The number of aliphatic carboxylic acids is 1. The van der Waals surface area contributed by atoms with Crippen molar-refractivity contribution >= 4 is 5.97 Å². The Morgan fingerprint density at radius 1 is 1.06 bits per heavy atom. The largest absolute Gasteiger partial charge is 0.489 e. The zero-order chi connectivity index (χ0) is 24.0. The van der Waals surface area contributed by atoms with Gasteiger partial charge >= 0.3 is 5.97 Å². The van der Waals surface area contributed by atoms with E-state index in [0.717, 1.165) is 0 Å². The Bertz CT molecular complexity index is 1120. The second kappa shape index (κ2) is 11.0. The molecular formula is C26H26F3NO3. The maximum absolute atomic E-state index is 15.1. The predicted octanol–water partition coefficient (Wildman–Crippen LogP) is 5.92. The van der Waals surface area contributed by atoms with Gasteiger partial charge in [0.2, 0.25) is 6.43 Å². The summed E-state index contributed by atoms with van der Waals surface area (Å²) in [7, 11) is 0. The Morgan fingerprint density at radius 2 is 1.79 bits per heavy atom. The quantitative estimate of drug-likeness (QED) is 0.397. The lowest BCUT2D eigenvalue weighted by atomic mass is 9.95. The van der Waals surface area contributed by atoms with Crippen molar-refractivity contribution in [2.75, 3.05) is 0 Å². The number of para-hydroxylation sites is 1. The lowest BCUT2D eigenvalue weighted by Gasteiger charge is -2.15. The highest BCUT2D eigenvalue weighted by Crippen LogP contribution is 2.30. The highest BCUT2D eigenvalue weighted by molar-refractivity contribution is 5.71. The maximum atomic E-state index is 15.1. The Morgan fingerprint density at radius 3 is 2.48 bits per heavy atom. The molecule has 3 aromatic carbocycles. The number of benzene rings is 3. The summed E-state index contributed by atoms with van der Waals surface area (Å²) in [6, 6.07) is 16.5. The minimum absolute atomic E-state index is 0.0702. The average Bonchev–Trinajstić information content (AvgIpc) is 2.76. The molecular weight excluding hydrogens is 431 g/mol. The molecule has 174 valence electrons. The molecule has 0 saturated heterocycles. The van der Waals surface area contributed by atoms with Crippen molar-refractivity contribution < 1.29 is 27.8 Å². The number of nitrogens with two attached hydrogens (primary N) is 1. The van der Waals surface area contributed by atoms with E-state index < -0.39 is 24.3 Å². The smallest absolute Gasteiger partial charge is 0.307 e. The summed E-state index contributed by atoms with van der Waals surface area (Å²) < 4.78 is 46.6. The number of hydrogen-bond donors (Lipinski definition) is 2. The normalized spacial score (nSPS) is 12.1. The second-order valence-electron chi connectivity index (χ2n) is 7.93. The molecule has 0 radical (unpaired) electrons. The topological polar surface area (TPSA) is 72.5 Å². The number of carbonyl (C=O) groups is 1. The van der Waals surface area contributed by atoms with Crippen molar-refractivity contribution in [3.05, 3.63) is 88.7 Å². The van der Waals surface area contributed by atoms with Crippen LogP contribution in [0, 0.1) is 5.82 Å². The summed E-state index contributed by atoms with van der Waals surface area (Å²) in [5.74, 6) is -1.01. The van der Waals surface area contributed by atoms with Gasteiger partial charge in [-0.2, -0.15) is 0 Å². The van der Waals surface area contributed by atoms with Crippen molar-refractivity contribution in [1.82, 2.24) is 0 Å². The fourth-order valence-corrected chi connectivity index (χ4v) is 3.66. The van der Waals surface area contributed by atoms with Gasteiger partial charge in [-0.3, -0.25) is 4.79 Å². The molecule has 0 aliphatic heterocycles. The molecule has 33 heavy (non-hydrogen) atoms. The van der Waals surface area contributed by atoms with E-state index in [9.17, 15) is 13.6 Å². The first kappa shape index (κ1) is 24.3. The summed E-state index contributed by atoms with van der Waals surface area (Å²) in [5, 5.41) is 9.11. The van der Waals surface area contributed by atoms with E-state index in [2.05, 4.69) is 0 Å². The van der Waals surface area contributed by atoms with Crippen molar-refractivity contribution in [3.8, 4) is 16.9 Å². The zero-order valence-electron chi connectivity index (χ0n) is 18.2. The fourth-order valence-electron chi connectivity index (χ4n) is 3.66. The molecule has 3 N–H and O–H groups in total. The van der Waals surface area contributed by atoms with E-state index in [1.165, 1.54) is 0 Å². The van der Waals surface area contributed by atoms with Gasteiger partial charge in [0.05, 0.1) is 6.42 Å².